The Hall–Kier alpha value is -2.16. The molecule has 0 spiro atoms. The molecule has 4 fully saturated rings. The minimum atomic E-state index is -3.47. The second-order valence-electron chi connectivity index (χ2n) is 18.8. The van der Waals surface area contributed by atoms with Gasteiger partial charge in [0.15, 0.2) is 21.4 Å². The molecule has 282 valence electrons. The minimum Gasteiger partial charge on any atom is -0.332 e. The van der Waals surface area contributed by atoms with Gasteiger partial charge >= 0.3 is 0 Å². The van der Waals surface area contributed by atoms with E-state index in [0.29, 0.717) is 44.6 Å². The number of Topliss-reactive ketones (excluding diaryl/α,β-unsaturated/α-hetero) is 4. The van der Waals surface area contributed by atoms with Crippen LogP contribution in [0.15, 0.2) is 12.7 Å². The number of fused-ring (bicyclic) bond motifs is 1. The number of carbonyl (C=O) groups is 5. The first kappa shape index (κ1) is 40.6. The molecular formula is C41H65NO7S. The Morgan fingerprint density at radius 1 is 0.960 bits per heavy atom. The third kappa shape index (κ3) is 8.89. The van der Waals surface area contributed by atoms with Crippen molar-refractivity contribution in [2.75, 3.05) is 12.3 Å². The molecule has 0 aromatic heterocycles. The number of sulfone groups is 1. The molecule has 1 saturated heterocycles. The van der Waals surface area contributed by atoms with Gasteiger partial charge in [-0.25, -0.2) is 8.42 Å². The molecule has 4 aliphatic rings. The Labute approximate surface area is 302 Å². The summed E-state index contributed by atoms with van der Waals surface area (Å²) in [5.41, 5.74) is -1.33. The van der Waals surface area contributed by atoms with Crippen LogP contribution in [-0.2, 0) is 33.8 Å². The van der Waals surface area contributed by atoms with Gasteiger partial charge in [-0.3, -0.25) is 24.0 Å². The van der Waals surface area contributed by atoms with Crippen LogP contribution >= 0.6 is 0 Å². The Balaban J connectivity index is 1.55. The van der Waals surface area contributed by atoms with Crippen molar-refractivity contribution in [3.8, 4) is 0 Å². The summed E-state index contributed by atoms with van der Waals surface area (Å²) in [5.74, 6) is -2.29. The highest BCUT2D eigenvalue weighted by molar-refractivity contribution is 7.92. The fraction of sp³-hybridized carbons (Fsp3) is 0.829. The Morgan fingerprint density at radius 3 is 2.12 bits per heavy atom. The van der Waals surface area contributed by atoms with E-state index in [9.17, 15) is 32.4 Å². The van der Waals surface area contributed by atoms with Crippen LogP contribution in [0.5, 0.6) is 0 Å². The summed E-state index contributed by atoms with van der Waals surface area (Å²) in [6.07, 6.45) is 9.38. The second kappa shape index (κ2) is 15.1. The number of allylic oxidation sites excluding steroid dienone is 1. The lowest BCUT2D eigenvalue weighted by Gasteiger charge is -2.40. The first-order chi connectivity index (χ1) is 23.1. The molecule has 9 heteroatoms. The van der Waals surface area contributed by atoms with E-state index in [2.05, 4.69) is 20.4 Å². The van der Waals surface area contributed by atoms with Crippen molar-refractivity contribution in [2.45, 2.75) is 156 Å². The smallest absolute Gasteiger partial charge is 0.227 e. The van der Waals surface area contributed by atoms with Gasteiger partial charge in [-0.2, -0.15) is 0 Å². The predicted octanol–water partition coefficient (Wildman–Crippen LogP) is 7.51. The van der Waals surface area contributed by atoms with E-state index in [0.717, 1.165) is 32.1 Å². The van der Waals surface area contributed by atoms with E-state index in [-0.39, 0.29) is 66.2 Å². The maximum atomic E-state index is 14.6. The first-order valence-corrected chi connectivity index (χ1v) is 21.0. The molecule has 1 aliphatic heterocycles. The van der Waals surface area contributed by atoms with E-state index in [1.807, 2.05) is 27.7 Å². The van der Waals surface area contributed by atoms with Crippen LogP contribution in [0.1, 0.15) is 145 Å². The lowest BCUT2D eigenvalue weighted by Crippen LogP contribution is -2.51. The van der Waals surface area contributed by atoms with E-state index in [4.69, 9.17) is 0 Å². The lowest BCUT2D eigenvalue weighted by molar-refractivity contribution is -0.148. The molecule has 8 nitrogen and oxygen atoms in total. The summed E-state index contributed by atoms with van der Waals surface area (Å²) in [4.78, 5) is 70.7. The van der Waals surface area contributed by atoms with Gasteiger partial charge in [0.25, 0.3) is 0 Å². The van der Waals surface area contributed by atoms with Crippen molar-refractivity contribution in [3.63, 3.8) is 0 Å². The van der Waals surface area contributed by atoms with Crippen molar-refractivity contribution in [2.24, 2.45) is 45.8 Å². The summed E-state index contributed by atoms with van der Waals surface area (Å²) in [5, 5.41) is 0. The summed E-state index contributed by atoms with van der Waals surface area (Å²) >= 11 is 0. The van der Waals surface area contributed by atoms with Crippen molar-refractivity contribution in [1.82, 2.24) is 4.90 Å². The van der Waals surface area contributed by atoms with Gasteiger partial charge < -0.3 is 4.90 Å². The van der Waals surface area contributed by atoms with Crippen molar-refractivity contribution in [1.29, 1.82) is 0 Å². The zero-order valence-corrected chi connectivity index (χ0v) is 33.1. The largest absolute Gasteiger partial charge is 0.332 e. The minimum absolute atomic E-state index is 0.00195. The molecule has 50 heavy (non-hydrogen) atoms. The van der Waals surface area contributed by atoms with E-state index in [1.165, 1.54) is 0 Å². The molecule has 0 aromatic rings. The summed E-state index contributed by atoms with van der Waals surface area (Å²) in [6, 6.07) is -0.689. The van der Waals surface area contributed by atoms with Gasteiger partial charge in [0, 0.05) is 44.1 Å². The zero-order valence-electron chi connectivity index (χ0n) is 32.3. The molecule has 3 aliphatic carbocycles. The number of likely N-dealkylation sites (tertiary alicyclic amines) is 1. The monoisotopic (exact) mass is 715 g/mol. The van der Waals surface area contributed by atoms with Gasteiger partial charge in [-0.05, 0) is 80.0 Å². The number of rotatable bonds is 19. The Kier molecular flexibility index (Phi) is 12.2. The highest BCUT2D eigenvalue weighted by Gasteiger charge is 2.69. The van der Waals surface area contributed by atoms with Crippen LogP contribution in [0, 0.1) is 45.8 Å². The topological polar surface area (TPSA) is 123 Å². The number of carbonyl (C=O) groups excluding carboxylic acids is 5. The van der Waals surface area contributed by atoms with Gasteiger partial charge in [0.05, 0.1) is 16.5 Å². The normalized spacial score (nSPS) is 25.7. The van der Waals surface area contributed by atoms with Crippen LogP contribution in [0.2, 0.25) is 0 Å². The SMILES string of the molecule is C=CCCC(=O)C(=O)C(CC(=O)[C@@H]1C2[C@H](CN1C(=O)[C@@H](CC(=O)CC1(CS(=O)(=O)C(C)(C)CC)CCCCC1)C(C)(C)C)C2(C)C)CC1CC1. The number of ketones is 4. The average molecular weight is 716 g/mol. The highest BCUT2D eigenvalue weighted by Crippen LogP contribution is 2.65. The lowest BCUT2D eigenvalue weighted by atomic mass is 9.70. The molecule has 0 bridgehead atoms. The quantitative estimate of drug-likeness (QED) is 0.100. The average Bonchev–Trinajstić information content (AvgIpc) is 3.88. The third-order valence-corrected chi connectivity index (χ3v) is 16.2. The molecule has 4 rings (SSSR count). The van der Waals surface area contributed by atoms with Crippen molar-refractivity contribution in [3.05, 3.63) is 12.7 Å². The Morgan fingerprint density at radius 2 is 1.58 bits per heavy atom. The summed E-state index contributed by atoms with van der Waals surface area (Å²) in [6.45, 7) is 19.6. The van der Waals surface area contributed by atoms with E-state index >= 15 is 0 Å². The zero-order chi connectivity index (χ0) is 37.4. The second-order valence-corrected chi connectivity index (χ2v) is 21.4. The molecule has 0 aromatic carbocycles. The van der Waals surface area contributed by atoms with Gasteiger partial charge in [0.1, 0.15) is 5.78 Å². The molecule has 1 amide bonds. The van der Waals surface area contributed by atoms with Crippen LogP contribution in [0.3, 0.4) is 0 Å². The van der Waals surface area contributed by atoms with Crippen molar-refractivity contribution >= 4 is 38.9 Å². The number of piperidine rings is 1. The number of amides is 1. The van der Waals surface area contributed by atoms with E-state index in [1.54, 1.807) is 24.8 Å². The third-order valence-electron chi connectivity index (χ3n) is 13.3. The molecule has 3 saturated carbocycles. The maximum Gasteiger partial charge on any atom is 0.227 e. The van der Waals surface area contributed by atoms with Crippen LogP contribution in [0.25, 0.3) is 0 Å². The van der Waals surface area contributed by atoms with Gasteiger partial charge in [-0.15, -0.1) is 6.58 Å². The van der Waals surface area contributed by atoms with Gasteiger partial charge in [0.2, 0.25) is 11.7 Å². The molecular weight excluding hydrogens is 651 g/mol. The molecule has 0 radical (unpaired) electrons. The molecule has 5 atom stereocenters. The van der Waals surface area contributed by atoms with E-state index < -0.39 is 54.9 Å². The Bertz CT molecular complexity index is 1440. The summed E-state index contributed by atoms with van der Waals surface area (Å²) in [7, 11) is -3.47. The fourth-order valence-electron chi connectivity index (χ4n) is 9.04. The maximum absolute atomic E-state index is 14.6. The van der Waals surface area contributed by atoms with Crippen LogP contribution in [-0.4, -0.2) is 65.4 Å². The predicted molar refractivity (Wildman–Crippen MR) is 197 cm³/mol. The summed E-state index contributed by atoms with van der Waals surface area (Å²) < 4.78 is 26.3. The molecule has 2 unspecified atom stereocenters. The molecule has 0 N–H and O–H groups in total. The first-order valence-electron chi connectivity index (χ1n) is 19.4. The number of hydrogen-bond donors (Lipinski definition) is 0. The van der Waals surface area contributed by atoms with Crippen LogP contribution < -0.4 is 0 Å². The fourth-order valence-corrected chi connectivity index (χ4v) is 11.1. The molecule has 1 heterocycles. The standard InChI is InChI=1S/C41H65NO7S/c1-10-12-16-32(44)36(46)28(21-27-17-18-27)22-33(45)35-34-31(40(34,8)9)25-42(35)37(47)30(38(3,4)5)23-29(43)24-41(19-14-13-15-20-41)26-50(48,49)39(6,7)11-2/h10,27-28,30-31,34-35H,1,11-26H2,2-9H3/t28?,30-,31+,34?,35-/m1/s1. The highest BCUT2D eigenvalue weighted by atomic mass is 32.2. The van der Waals surface area contributed by atoms with Gasteiger partial charge in [-0.1, -0.05) is 79.7 Å². The number of hydrogen-bond acceptors (Lipinski definition) is 7. The van der Waals surface area contributed by atoms with Crippen LogP contribution in [0.4, 0.5) is 0 Å². The van der Waals surface area contributed by atoms with Crippen molar-refractivity contribution < 1.29 is 32.4 Å². The number of nitrogens with zero attached hydrogens (tertiary/aromatic N) is 1.